The van der Waals surface area contributed by atoms with Gasteiger partial charge in [-0.15, -0.1) is 0 Å². The molecule has 1 atom stereocenters. The Kier molecular flexibility index (Phi) is 7.91. The number of carbonyl (C=O) groups excluding carboxylic acids is 2. The number of benzene rings is 2. The van der Waals surface area contributed by atoms with Crippen LogP contribution in [0.15, 0.2) is 36.4 Å². The van der Waals surface area contributed by atoms with E-state index in [0.717, 1.165) is 17.2 Å². The van der Waals surface area contributed by atoms with Gasteiger partial charge in [-0.1, -0.05) is 49.7 Å². The molecule has 9 heteroatoms. The maximum absolute atomic E-state index is 14.3. The molecule has 0 bridgehead atoms. The molecule has 1 saturated heterocycles. The number of nitrogens with zero attached hydrogens (tertiary/aromatic N) is 1. The van der Waals surface area contributed by atoms with E-state index in [0.29, 0.717) is 0 Å². The average Bonchev–Trinajstić information content (AvgIpc) is 2.76. The van der Waals surface area contributed by atoms with Gasteiger partial charge in [0.2, 0.25) is 5.91 Å². The van der Waals surface area contributed by atoms with Crippen molar-refractivity contribution in [3.05, 3.63) is 63.9 Å². The number of hydrogen-bond acceptors (Lipinski definition) is 5. The number of nitrogens with one attached hydrogen (secondary N) is 2. The molecule has 0 radical (unpaired) electrons. The minimum Gasteiger partial charge on any atom is -0.389 e. The van der Waals surface area contributed by atoms with Crippen LogP contribution in [0.4, 0.5) is 10.1 Å². The molecule has 0 saturated carbocycles. The average molecular weight is 506 g/mol. The smallest absolute Gasteiger partial charge is 0.253 e. The molecule has 7 nitrogen and oxygen atoms in total. The monoisotopic (exact) mass is 505 g/mol. The molecule has 35 heavy (non-hydrogen) atoms. The van der Waals surface area contributed by atoms with Gasteiger partial charge in [0.1, 0.15) is 5.82 Å². The van der Waals surface area contributed by atoms with Crippen molar-refractivity contribution in [2.75, 3.05) is 32.0 Å². The van der Waals surface area contributed by atoms with Crippen molar-refractivity contribution in [3.8, 4) is 0 Å². The van der Waals surface area contributed by atoms with Gasteiger partial charge in [-0.3, -0.25) is 14.5 Å². The van der Waals surface area contributed by atoms with Crippen molar-refractivity contribution in [1.82, 2.24) is 10.2 Å². The first-order valence-corrected chi connectivity index (χ1v) is 11.9. The van der Waals surface area contributed by atoms with Crippen molar-refractivity contribution in [2.24, 2.45) is 0 Å². The molecule has 0 aliphatic carbocycles. The maximum atomic E-state index is 14.3. The van der Waals surface area contributed by atoms with Crippen LogP contribution in [0.2, 0.25) is 5.02 Å². The van der Waals surface area contributed by atoms with Gasteiger partial charge >= 0.3 is 0 Å². The van der Waals surface area contributed by atoms with Gasteiger partial charge in [0.15, 0.2) is 0 Å². The van der Waals surface area contributed by atoms with Gasteiger partial charge in [-0.2, -0.15) is 0 Å². The number of β-amino-alcohol motifs (C(OH)–C–C–N with tert-alkyl or cyclic N) is 1. The Morgan fingerprint density at radius 2 is 1.86 bits per heavy atom. The van der Waals surface area contributed by atoms with Crippen LogP contribution in [0.1, 0.15) is 55.1 Å². The summed E-state index contributed by atoms with van der Waals surface area (Å²) in [6.07, 6.45) is -1.01. The fourth-order valence-corrected chi connectivity index (χ4v) is 4.57. The van der Waals surface area contributed by atoms with Crippen LogP contribution in [0.3, 0.4) is 0 Å². The summed E-state index contributed by atoms with van der Waals surface area (Å²) in [4.78, 5) is 28.1. The lowest BCUT2D eigenvalue weighted by atomic mass is 9.69. The number of likely N-dealkylation sites (tertiary alicyclic amines) is 1. The molecular weight excluding hydrogens is 473 g/mol. The first kappa shape index (κ1) is 27.1. The van der Waals surface area contributed by atoms with E-state index < -0.39 is 34.8 Å². The zero-order chi connectivity index (χ0) is 26.1. The van der Waals surface area contributed by atoms with Crippen molar-refractivity contribution in [1.29, 1.82) is 0 Å². The molecule has 2 aromatic carbocycles. The topological polar surface area (TPSA) is 102 Å². The van der Waals surface area contributed by atoms with Gasteiger partial charge in [-0.25, -0.2) is 4.39 Å². The maximum Gasteiger partial charge on any atom is 0.253 e. The Morgan fingerprint density at radius 3 is 2.43 bits per heavy atom. The Bertz CT molecular complexity index is 1110. The lowest BCUT2D eigenvalue weighted by Crippen LogP contribution is -2.67. The van der Waals surface area contributed by atoms with Crippen LogP contribution in [0, 0.1) is 5.82 Å². The lowest BCUT2D eigenvalue weighted by molar-refractivity contribution is -0.131. The van der Waals surface area contributed by atoms with E-state index >= 15 is 0 Å². The summed E-state index contributed by atoms with van der Waals surface area (Å²) >= 11 is 5.89. The van der Waals surface area contributed by atoms with Crippen LogP contribution >= 0.6 is 11.6 Å². The summed E-state index contributed by atoms with van der Waals surface area (Å²) in [6.45, 7) is 7.87. The van der Waals surface area contributed by atoms with Gasteiger partial charge in [0.05, 0.1) is 33.4 Å². The molecule has 1 fully saturated rings. The van der Waals surface area contributed by atoms with Gasteiger partial charge in [0, 0.05) is 26.7 Å². The summed E-state index contributed by atoms with van der Waals surface area (Å²) < 4.78 is 14.3. The third kappa shape index (κ3) is 5.51. The Balaban J connectivity index is 2.00. The molecule has 2 aromatic rings. The Labute approximate surface area is 210 Å². The fraction of sp³-hybridized carbons (Fsp3) is 0.462. The number of aliphatic hydroxyl groups is 2. The number of carbonyl (C=O) groups is 2. The third-order valence-corrected chi connectivity index (χ3v) is 6.84. The summed E-state index contributed by atoms with van der Waals surface area (Å²) in [7, 11) is 1.43. The van der Waals surface area contributed by atoms with E-state index in [1.165, 1.54) is 27.0 Å². The van der Waals surface area contributed by atoms with Crippen LogP contribution in [-0.2, 0) is 10.2 Å². The number of aliphatic hydroxyl groups excluding tert-OH is 1. The van der Waals surface area contributed by atoms with E-state index in [9.17, 15) is 24.2 Å². The van der Waals surface area contributed by atoms with Gasteiger partial charge < -0.3 is 20.8 Å². The van der Waals surface area contributed by atoms with E-state index in [2.05, 4.69) is 10.6 Å². The molecule has 0 aromatic heterocycles. The predicted octanol–water partition coefficient (Wildman–Crippen LogP) is 3.29. The zero-order valence-corrected chi connectivity index (χ0v) is 21.4. The number of halogens is 2. The second-order valence-electron chi connectivity index (χ2n) is 10.0. The molecule has 1 aliphatic heterocycles. The zero-order valence-electron chi connectivity index (χ0n) is 20.7. The lowest BCUT2D eigenvalue weighted by Gasteiger charge is -2.51. The standard InChI is InChI=1S/C26H33ClFN3O4/c1-15(2)16-8-6-7-9-18(16)26(13-31(14-26)12-22(32)25(3,4)35)24(34)30-21-11-20(28)19(27)10-17(21)23(33)29-5/h6-11,15,22,32,35H,12-14H2,1-5H3,(H,29,33)(H,30,34). The quantitative estimate of drug-likeness (QED) is 0.441. The number of rotatable bonds is 8. The molecule has 1 aliphatic rings. The van der Waals surface area contributed by atoms with Crippen LogP contribution in [0.5, 0.6) is 0 Å². The summed E-state index contributed by atoms with van der Waals surface area (Å²) in [5, 5.41) is 25.5. The Morgan fingerprint density at radius 1 is 1.23 bits per heavy atom. The van der Waals surface area contributed by atoms with Crippen LogP contribution in [-0.4, -0.2) is 65.3 Å². The second-order valence-corrected chi connectivity index (χ2v) is 10.4. The number of anilines is 1. The minimum atomic E-state index is -1.29. The molecule has 2 amide bonds. The van der Waals surface area contributed by atoms with E-state index in [1.54, 1.807) is 0 Å². The predicted molar refractivity (Wildman–Crippen MR) is 134 cm³/mol. The van der Waals surface area contributed by atoms with Crippen molar-refractivity contribution < 1.29 is 24.2 Å². The molecule has 0 spiro atoms. The first-order valence-electron chi connectivity index (χ1n) is 11.5. The van der Waals surface area contributed by atoms with E-state index in [-0.39, 0.29) is 41.8 Å². The Hall–Kier alpha value is -2.52. The van der Waals surface area contributed by atoms with Crippen molar-refractivity contribution in [2.45, 2.75) is 50.7 Å². The van der Waals surface area contributed by atoms with Crippen molar-refractivity contribution in [3.63, 3.8) is 0 Å². The summed E-state index contributed by atoms with van der Waals surface area (Å²) in [6, 6.07) is 9.88. The molecule has 190 valence electrons. The minimum absolute atomic E-state index is 0.0210. The molecule has 4 N–H and O–H groups in total. The van der Waals surface area contributed by atoms with Crippen LogP contribution < -0.4 is 10.6 Å². The highest BCUT2D eigenvalue weighted by Gasteiger charge is 2.52. The van der Waals surface area contributed by atoms with Crippen molar-refractivity contribution >= 4 is 29.1 Å². The van der Waals surface area contributed by atoms with E-state index in [1.807, 2.05) is 43.0 Å². The highest BCUT2D eigenvalue weighted by atomic mass is 35.5. The largest absolute Gasteiger partial charge is 0.389 e. The number of hydrogen-bond donors (Lipinski definition) is 4. The second kappa shape index (κ2) is 10.2. The summed E-state index contributed by atoms with van der Waals surface area (Å²) in [5.41, 5.74) is -0.395. The van der Waals surface area contributed by atoms with E-state index in [4.69, 9.17) is 11.6 Å². The summed E-state index contributed by atoms with van der Waals surface area (Å²) in [5.74, 6) is -1.52. The third-order valence-electron chi connectivity index (χ3n) is 6.55. The van der Waals surface area contributed by atoms with Crippen LogP contribution in [0.25, 0.3) is 0 Å². The van der Waals surface area contributed by atoms with Gasteiger partial charge in [-0.05, 0) is 43.0 Å². The normalized spacial score (nSPS) is 16.5. The highest BCUT2D eigenvalue weighted by molar-refractivity contribution is 6.31. The highest BCUT2D eigenvalue weighted by Crippen LogP contribution is 2.40. The molecular formula is C26H33ClFN3O4. The number of amides is 2. The SMILES string of the molecule is CNC(=O)c1cc(Cl)c(F)cc1NC(=O)C1(c2ccccc2C(C)C)CN(CC(O)C(C)(C)O)C1. The first-order chi connectivity index (χ1) is 16.3. The molecule has 1 unspecified atom stereocenters. The van der Waals surface area contributed by atoms with Gasteiger partial charge in [0.25, 0.3) is 5.91 Å². The fourth-order valence-electron chi connectivity index (χ4n) is 4.40. The molecule has 3 rings (SSSR count). The molecule has 1 heterocycles.